The molecule has 7 aromatic rings. The van der Waals surface area contributed by atoms with E-state index in [9.17, 15) is 19.2 Å². The van der Waals surface area contributed by atoms with Crippen LogP contribution in [0.4, 0.5) is 10.7 Å². The van der Waals surface area contributed by atoms with Crippen LogP contribution in [0.5, 0.6) is 5.75 Å². The Morgan fingerprint density at radius 3 is 2.27 bits per heavy atom. The lowest BCUT2D eigenvalue weighted by atomic mass is 10.1. The molecule has 0 atom stereocenters. The van der Waals surface area contributed by atoms with Crippen LogP contribution in [0.25, 0.3) is 44.5 Å². The second kappa shape index (κ2) is 20.1. The van der Waals surface area contributed by atoms with Crippen LogP contribution in [0.1, 0.15) is 103 Å². The maximum atomic E-state index is 13.8. The largest absolute Gasteiger partial charge is 0.491 e. The smallest absolute Gasteiger partial charge is 0.410 e. The first-order chi connectivity index (χ1) is 31.5. The molecule has 0 spiro atoms. The van der Waals surface area contributed by atoms with Gasteiger partial charge in [0.2, 0.25) is 23.5 Å². The van der Waals surface area contributed by atoms with Crippen LogP contribution in [-0.2, 0) is 30.8 Å². The third kappa shape index (κ3) is 10.3. The lowest BCUT2D eigenvalue weighted by Gasteiger charge is -2.24. The summed E-state index contributed by atoms with van der Waals surface area (Å²) in [5.41, 5.74) is 16.2. The highest BCUT2D eigenvalue weighted by molar-refractivity contribution is 6.08. The van der Waals surface area contributed by atoms with Gasteiger partial charge in [-0.1, -0.05) is 32.9 Å². The summed E-state index contributed by atoms with van der Waals surface area (Å²) in [6.45, 7) is 18.5. The van der Waals surface area contributed by atoms with Gasteiger partial charge in [-0.05, 0) is 83.9 Å². The maximum absolute atomic E-state index is 13.8. The molecule has 0 aliphatic heterocycles. The third-order valence-corrected chi connectivity index (χ3v) is 10.3. The fraction of sp³-hybridized carbons (Fsp3) is 0.383. The number of hydrogen-bond donors (Lipinski definition) is 3. The van der Waals surface area contributed by atoms with Gasteiger partial charge in [0.1, 0.15) is 28.2 Å². The van der Waals surface area contributed by atoms with E-state index in [0.29, 0.717) is 71.8 Å². The SMILES string of the molecule is CC.CCc1nc(C)oc1C(=O)Nc1nc2cc(C(N)=O)cc(OCCCN(C)C(=O)OC(C)(C)C)c2n1C/C=C/Cn1c2ncc(C(N)=O)cc2c2ccc(-c3cc(C)nn3CC)nc21. The van der Waals surface area contributed by atoms with Gasteiger partial charge in [0.05, 0.1) is 40.5 Å². The number of carbonyl (C=O) groups excluding carboxylic acids is 4. The molecule has 5 N–H and O–H groups in total. The highest BCUT2D eigenvalue weighted by Crippen LogP contribution is 2.33. The van der Waals surface area contributed by atoms with E-state index in [4.69, 9.17) is 35.3 Å². The zero-order chi connectivity index (χ0) is 48.0. The Morgan fingerprint density at radius 1 is 0.894 bits per heavy atom. The molecule has 19 heteroatoms. The van der Waals surface area contributed by atoms with Crippen molar-refractivity contribution in [2.24, 2.45) is 11.5 Å². The number of carbonyl (C=O) groups is 4. The minimum atomic E-state index is -0.699. The number of benzene rings is 1. The zero-order valence-electron chi connectivity index (χ0n) is 39.2. The summed E-state index contributed by atoms with van der Waals surface area (Å²) in [6, 6.07) is 10.7. The minimum absolute atomic E-state index is 0.0555. The Labute approximate surface area is 382 Å². The molecule has 0 radical (unpaired) electrons. The van der Waals surface area contributed by atoms with E-state index in [1.807, 2.05) is 74.2 Å². The lowest BCUT2D eigenvalue weighted by molar-refractivity contribution is 0.0291. The highest BCUT2D eigenvalue weighted by Gasteiger charge is 2.25. The second-order valence-electron chi connectivity index (χ2n) is 16.3. The van der Waals surface area contributed by atoms with Crippen LogP contribution in [-0.4, -0.2) is 93.4 Å². The standard InChI is InChI=1S/C45H52N12O7.C2H6/c1-9-31-37(63-26(4)49-31)42(60)52-43-51-33-22-27(38(46)58)23-35(62-19-13-16-54(8)44(61)64-45(5,6)7)36(33)55(43)17-11-12-18-56-40-30(21-28(24-48-40)39(47)59)29-14-15-32(50-41(29)56)34-20-25(3)53-57(34)10-2;1-2/h11-12,14-15,20-24H,9-10,13,16-19H2,1-8H3,(H2,46,58)(H2,47,59)(H,51,52,60);1-2H3/b12-11+;. The van der Waals surface area contributed by atoms with Crippen molar-refractivity contribution in [1.29, 1.82) is 0 Å². The van der Waals surface area contributed by atoms with Crippen LogP contribution in [0.3, 0.4) is 0 Å². The first-order valence-corrected chi connectivity index (χ1v) is 21.9. The number of anilines is 1. The van der Waals surface area contributed by atoms with Crippen LogP contribution in [0.2, 0.25) is 0 Å². The molecule has 0 unspecified atom stereocenters. The predicted molar refractivity (Wildman–Crippen MR) is 251 cm³/mol. The first kappa shape index (κ1) is 47.9. The number of imidazole rings is 1. The molecule has 6 heterocycles. The van der Waals surface area contributed by atoms with Gasteiger partial charge in [-0.2, -0.15) is 5.10 Å². The summed E-state index contributed by atoms with van der Waals surface area (Å²) in [4.78, 5) is 71.4. The number of ether oxygens (including phenoxy) is 2. The Kier molecular flexibility index (Phi) is 14.6. The summed E-state index contributed by atoms with van der Waals surface area (Å²) >= 11 is 0. The van der Waals surface area contributed by atoms with Crippen molar-refractivity contribution < 1.29 is 33.1 Å². The molecule has 0 bridgehead atoms. The monoisotopic (exact) mass is 902 g/mol. The molecule has 0 aliphatic rings. The Morgan fingerprint density at radius 2 is 1.61 bits per heavy atom. The molecular weight excluding hydrogens is 845 g/mol. The number of fused-ring (bicyclic) bond motifs is 4. The number of pyridine rings is 2. The maximum Gasteiger partial charge on any atom is 0.410 e. The van der Waals surface area contributed by atoms with E-state index in [2.05, 4.69) is 20.4 Å². The molecule has 348 valence electrons. The molecule has 19 nitrogen and oxygen atoms in total. The van der Waals surface area contributed by atoms with Gasteiger partial charge in [-0.3, -0.25) is 24.4 Å². The van der Waals surface area contributed by atoms with E-state index in [-0.39, 0.29) is 41.7 Å². The molecule has 66 heavy (non-hydrogen) atoms. The minimum Gasteiger partial charge on any atom is -0.491 e. The number of primary amides is 2. The number of aromatic nitrogens is 8. The number of nitrogens with zero attached hydrogens (tertiary/aromatic N) is 9. The topological polar surface area (TPSA) is 246 Å². The number of nitrogens with one attached hydrogen (secondary N) is 1. The number of hydrogen-bond acceptors (Lipinski definition) is 12. The van der Waals surface area contributed by atoms with E-state index in [0.717, 1.165) is 22.5 Å². The van der Waals surface area contributed by atoms with Gasteiger partial charge in [0, 0.05) is 62.7 Å². The molecule has 4 amide bonds. The average molecular weight is 903 g/mol. The predicted octanol–water partition coefficient (Wildman–Crippen LogP) is 7.35. The fourth-order valence-electron chi connectivity index (χ4n) is 7.35. The number of allylic oxidation sites excluding steroid dienone is 2. The van der Waals surface area contributed by atoms with Crippen molar-refractivity contribution in [3.63, 3.8) is 0 Å². The van der Waals surface area contributed by atoms with Gasteiger partial charge >= 0.3 is 6.09 Å². The Bertz CT molecular complexity index is 2970. The van der Waals surface area contributed by atoms with Gasteiger partial charge in [0.25, 0.3) is 5.91 Å². The fourth-order valence-corrected chi connectivity index (χ4v) is 7.35. The molecule has 0 aliphatic carbocycles. The first-order valence-electron chi connectivity index (χ1n) is 21.9. The van der Waals surface area contributed by atoms with Crippen molar-refractivity contribution in [2.75, 3.05) is 25.5 Å². The molecule has 0 fully saturated rings. The van der Waals surface area contributed by atoms with Crippen LogP contribution >= 0.6 is 0 Å². The molecule has 0 saturated carbocycles. The number of nitrogens with two attached hydrogens (primary N) is 2. The van der Waals surface area contributed by atoms with Crippen molar-refractivity contribution in [3.8, 4) is 17.1 Å². The van der Waals surface area contributed by atoms with Gasteiger partial charge in [0.15, 0.2) is 5.89 Å². The van der Waals surface area contributed by atoms with Crippen LogP contribution in [0, 0.1) is 13.8 Å². The molecule has 6 aromatic heterocycles. The third-order valence-electron chi connectivity index (χ3n) is 10.3. The summed E-state index contributed by atoms with van der Waals surface area (Å²) in [5.74, 6) is -1.03. The molecule has 7 rings (SSSR count). The highest BCUT2D eigenvalue weighted by atomic mass is 16.6. The van der Waals surface area contributed by atoms with Crippen LogP contribution < -0.4 is 21.5 Å². The summed E-state index contributed by atoms with van der Waals surface area (Å²) < 4.78 is 23.1. The number of rotatable bonds is 16. The summed E-state index contributed by atoms with van der Waals surface area (Å²) in [5, 5.41) is 8.99. The normalized spacial score (nSPS) is 11.6. The second-order valence-corrected chi connectivity index (χ2v) is 16.3. The molecular formula is C47H58N12O7. The Hall–Kier alpha value is -7.57. The van der Waals surface area contributed by atoms with Crippen LogP contribution in [0.15, 0.2) is 59.2 Å². The molecule has 0 saturated heterocycles. The number of amides is 4. The zero-order valence-corrected chi connectivity index (χ0v) is 39.2. The summed E-state index contributed by atoms with van der Waals surface area (Å²) in [6.07, 6.45) is 5.68. The number of oxazole rings is 1. The number of aryl methyl sites for hydroxylation is 4. The van der Waals surface area contributed by atoms with E-state index in [1.54, 1.807) is 45.4 Å². The summed E-state index contributed by atoms with van der Waals surface area (Å²) in [7, 11) is 1.64. The van der Waals surface area contributed by atoms with Gasteiger partial charge in [-0.25, -0.2) is 24.7 Å². The average Bonchev–Trinajstić information content (AvgIpc) is 4.04. The Balaban J connectivity index is 0.00000355. The van der Waals surface area contributed by atoms with Gasteiger partial charge < -0.3 is 39.4 Å². The quantitative estimate of drug-likeness (QED) is 0.0636. The van der Waals surface area contributed by atoms with Crippen molar-refractivity contribution in [2.45, 2.75) is 100 Å². The van der Waals surface area contributed by atoms with E-state index < -0.39 is 29.4 Å². The lowest BCUT2D eigenvalue weighted by Crippen LogP contribution is -2.35. The van der Waals surface area contributed by atoms with Crippen molar-refractivity contribution in [3.05, 3.63) is 88.9 Å². The van der Waals surface area contributed by atoms with E-state index in [1.165, 1.54) is 23.2 Å². The van der Waals surface area contributed by atoms with E-state index >= 15 is 0 Å². The molecule has 1 aromatic carbocycles. The van der Waals surface area contributed by atoms with Gasteiger partial charge in [-0.15, -0.1) is 0 Å². The van der Waals surface area contributed by atoms with Crippen molar-refractivity contribution >= 4 is 62.9 Å². The van der Waals surface area contributed by atoms with Crippen molar-refractivity contribution in [1.82, 2.24) is 43.8 Å².